The molecule has 16 heavy (non-hydrogen) atoms. The minimum atomic E-state index is -0.434. The molecule has 0 saturated heterocycles. The summed E-state index contributed by atoms with van der Waals surface area (Å²) in [7, 11) is 0. The second-order valence-electron chi connectivity index (χ2n) is 4.04. The van der Waals surface area contributed by atoms with Crippen LogP contribution in [0.2, 0.25) is 0 Å². The molecular weight excluding hydrogens is 206 g/mol. The van der Waals surface area contributed by atoms with Gasteiger partial charge in [-0.1, -0.05) is 12.8 Å². The molecule has 0 bridgehead atoms. The van der Waals surface area contributed by atoms with Crippen molar-refractivity contribution < 1.29 is 9.53 Å². The standard InChI is InChI=1S/C11H17N3O2/c1-2-16-11(15)9-10(12)14(7-13-9)8-5-3-4-6-8/h7-8H,2-6,12H2,1H3. The van der Waals surface area contributed by atoms with Gasteiger partial charge in [-0.15, -0.1) is 0 Å². The van der Waals surface area contributed by atoms with Gasteiger partial charge in [-0.2, -0.15) is 0 Å². The molecule has 2 rings (SSSR count). The molecule has 0 unspecified atom stereocenters. The van der Waals surface area contributed by atoms with E-state index in [2.05, 4.69) is 4.98 Å². The van der Waals surface area contributed by atoms with Crippen LogP contribution in [0.15, 0.2) is 6.33 Å². The summed E-state index contributed by atoms with van der Waals surface area (Å²) in [5.41, 5.74) is 6.16. The van der Waals surface area contributed by atoms with E-state index in [0.717, 1.165) is 12.8 Å². The van der Waals surface area contributed by atoms with Gasteiger partial charge >= 0.3 is 5.97 Å². The Hall–Kier alpha value is -1.52. The van der Waals surface area contributed by atoms with Crippen LogP contribution in [0.5, 0.6) is 0 Å². The van der Waals surface area contributed by atoms with E-state index < -0.39 is 5.97 Å². The highest BCUT2D eigenvalue weighted by molar-refractivity contribution is 5.92. The summed E-state index contributed by atoms with van der Waals surface area (Å²) in [5.74, 6) is 0.00194. The lowest BCUT2D eigenvalue weighted by atomic mass is 10.2. The molecule has 2 N–H and O–H groups in total. The minimum absolute atomic E-state index is 0.244. The van der Waals surface area contributed by atoms with Crippen LogP contribution in [0.3, 0.4) is 0 Å². The van der Waals surface area contributed by atoms with E-state index in [1.54, 1.807) is 13.3 Å². The molecule has 1 heterocycles. The molecule has 0 amide bonds. The average Bonchev–Trinajstić information content (AvgIpc) is 2.86. The third-order valence-corrected chi connectivity index (χ3v) is 3.02. The minimum Gasteiger partial charge on any atom is -0.461 e. The van der Waals surface area contributed by atoms with E-state index >= 15 is 0 Å². The number of imidazole rings is 1. The van der Waals surface area contributed by atoms with E-state index in [4.69, 9.17) is 10.5 Å². The van der Waals surface area contributed by atoms with Crippen LogP contribution < -0.4 is 5.73 Å². The number of carbonyl (C=O) groups excluding carboxylic acids is 1. The number of carbonyl (C=O) groups is 1. The topological polar surface area (TPSA) is 70.1 Å². The van der Waals surface area contributed by atoms with Crippen LogP contribution >= 0.6 is 0 Å². The maximum atomic E-state index is 11.5. The normalized spacial score (nSPS) is 16.6. The van der Waals surface area contributed by atoms with Gasteiger partial charge in [0.05, 0.1) is 12.9 Å². The first-order valence-electron chi connectivity index (χ1n) is 5.73. The number of hydrogen-bond donors (Lipinski definition) is 1. The highest BCUT2D eigenvalue weighted by Crippen LogP contribution is 2.32. The molecule has 0 atom stereocenters. The van der Waals surface area contributed by atoms with Crippen molar-refractivity contribution in [3.05, 3.63) is 12.0 Å². The number of nitrogen functional groups attached to an aromatic ring is 1. The molecule has 88 valence electrons. The van der Waals surface area contributed by atoms with E-state index in [1.165, 1.54) is 12.8 Å². The van der Waals surface area contributed by atoms with E-state index in [0.29, 0.717) is 18.5 Å². The summed E-state index contributed by atoms with van der Waals surface area (Å²) in [6.45, 7) is 2.11. The largest absolute Gasteiger partial charge is 0.461 e. The summed E-state index contributed by atoms with van der Waals surface area (Å²) in [5, 5.41) is 0. The lowest BCUT2D eigenvalue weighted by Gasteiger charge is -2.12. The first-order valence-corrected chi connectivity index (χ1v) is 5.73. The third-order valence-electron chi connectivity index (χ3n) is 3.02. The molecule has 0 aromatic carbocycles. The Kier molecular flexibility index (Phi) is 3.12. The van der Waals surface area contributed by atoms with Crippen molar-refractivity contribution in [2.45, 2.75) is 38.6 Å². The smallest absolute Gasteiger partial charge is 0.360 e. The van der Waals surface area contributed by atoms with Crippen molar-refractivity contribution >= 4 is 11.8 Å². The summed E-state index contributed by atoms with van der Waals surface area (Å²) in [6, 6.07) is 0.399. The van der Waals surface area contributed by atoms with Gasteiger partial charge in [0, 0.05) is 6.04 Å². The second-order valence-corrected chi connectivity index (χ2v) is 4.04. The fourth-order valence-electron chi connectivity index (χ4n) is 2.20. The van der Waals surface area contributed by atoms with Crippen LogP contribution in [-0.4, -0.2) is 22.1 Å². The Bertz CT molecular complexity index is 381. The average molecular weight is 223 g/mol. The van der Waals surface area contributed by atoms with Gasteiger partial charge in [-0.25, -0.2) is 9.78 Å². The SMILES string of the molecule is CCOC(=O)c1ncn(C2CCCC2)c1N. The molecule has 1 aromatic heterocycles. The van der Waals surface area contributed by atoms with Gasteiger partial charge in [-0.3, -0.25) is 0 Å². The number of rotatable bonds is 3. The molecule has 5 heteroatoms. The number of aromatic nitrogens is 2. The number of hydrogen-bond acceptors (Lipinski definition) is 4. The quantitative estimate of drug-likeness (QED) is 0.792. The summed E-state index contributed by atoms with van der Waals surface area (Å²) >= 11 is 0. The maximum Gasteiger partial charge on any atom is 0.360 e. The number of esters is 1. The predicted molar refractivity (Wildman–Crippen MR) is 60.1 cm³/mol. The molecule has 5 nitrogen and oxygen atoms in total. The molecule has 1 aliphatic carbocycles. The monoisotopic (exact) mass is 223 g/mol. The fraction of sp³-hybridized carbons (Fsp3) is 0.636. The summed E-state index contributed by atoms with van der Waals surface area (Å²) < 4.78 is 6.79. The Labute approximate surface area is 94.6 Å². The summed E-state index contributed by atoms with van der Waals surface area (Å²) in [6.07, 6.45) is 6.32. The van der Waals surface area contributed by atoms with Gasteiger partial charge in [0.1, 0.15) is 5.82 Å². The maximum absolute atomic E-state index is 11.5. The highest BCUT2D eigenvalue weighted by Gasteiger charge is 2.23. The van der Waals surface area contributed by atoms with Crippen molar-refractivity contribution in [3.8, 4) is 0 Å². The van der Waals surface area contributed by atoms with E-state index in [9.17, 15) is 4.79 Å². The number of anilines is 1. The van der Waals surface area contributed by atoms with E-state index in [1.807, 2.05) is 4.57 Å². The first-order chi connectivity index (χ1) is 7.74. The van der Waals surface area contributed by atoms with Crippen molar-refractivity contribution in [2.75, 3.05) is 12.3 Å². The molecule has 1 aromatic rings. The Balaban J connectivity index is 2.19. The zero-order chi connectivity index (χ0) is 11.5. The first kappa shape index (κ1) is 11.0. The fourth-order valence-corrected chi connectivity index (χ4v) is 2.20. The van der Waals surface area contributed by atoms with Crippen molar-refractivity contribution in [1.82, 2.24) is 9.55 Å². The number of ether oxygens (including phenoxy) is 1. The van der Waals surface area contributed by atoms with Gasteiger partial charge in [0.15, 0.2) is 5.69 Å². The molecular formula is C11H17N3O2. The van der Waals surface area contributed by atoms with Gasteiger partial charge < -0.3 is 15.0 Å². The molecule has 1 saturated carbocycles. The highest BCUT2D eigenvalue weighted by atomic mass is 16.5. The van der Waals surface area contributed by atoms with Gasteiger partial charge in [-0.05, 0) is 19.8 Å². The zero-order valence-corrected chi connectivity index (χ0v) is 9.48. The van der Waals surface area contributed by atoms with Crippen LogP contribution in [0, 0.1) is 0 Å². The van der Waals surface area contributed by atoms with Crippen LogP contribution in [0.4, 0.5) is 5.82 Å². The molecule has 0 radical (unpaired) electrons. The number of nitrogens with two attached hydrogens (primary N) is 1. The van der Waals surface area contributed by atoms with Crippen molar-refractivity contribution in [1.29, 1.82) is 0 Å². The van der Waals surface area contributed by atoms with Crippen LogP contribution in [-0.2, 0) is 4.74 Å². The summed E-state index contributed by atoms with van der Waals surface area (Å²) in [4.78, 5) is 15.6. The Morgan fingerprint density at radius 3 is 2.94 bits per heavy atom. The molecule has 1 fully saturated rings. The van der Waals surface area contributed by atoms with Crippen molar-refractivity contribution in [3.63, 3.8) is 0 Å². The van der Waals surface area contributed by atoms with Gasteiger partial charge in [0.2, 0.25) is 0 Å². The number of nitrogens with zero attached hydrogens (tertiary/aromatic N) is 2. The Morgan fingerprint density at radius 1 is 1.62 bits per heavy atom. The predicted octanol–water partition coefficient (Wildman–Crippen LogP) is 1.76. The van der Waals surface area contributed by atoms with Crippen LogP contribution in [0.25, 0.3) is 0 Å². The van der Waals surface area contributed by atoms with E-state index in [-0.39, 0.29) is 5.69 Å². The third kappa shape index (κ3) is 1.89. The lowest BCUT2D eigenvalue weighted by molar-refractivity contribution is 0.0521. The molecule has 1 aliphatic rings. The van der Waals surface area contributed by atoms with Crippen molar-refractivity contribution in [2.24, 2.45) is 0 Å². The molecule has 0 spiro atoms. The lowest BCUT2D eigenvalue weighted by Crippen LogP contribution is -2.11. The zero-order valence-electron chi connectivity index (χ0n) is 9.48. The Morgan fingerprint density at radius 2 is 2.31 bits per heavy atom. The molecule has 0 aliphatic heterocycles. The van der Waals surface area contributed by atoms with Gasteiger partial charge in [0.25, 0.3) is 0 Å². The second kappa shape index (κ2) is 4.55. The van der Waals surface area contributed by atoms with Crippen LogP contribution in [0.1, 0.15) is 49.1 Å².